The van der Waals surface area contributed by atoms with Crippen molar-refractivity contribution < 1.29 is 14.2 Å². The van der Waals surface area contributed by atoms with Gasteiger partial charge in [0.15, 0.2) is 0 Å². The van der Waals surface area contributed by atoms with Crippen molar-refractivity contribution in [2.24, 2.45) is 0 Å². The summed E-state index contributed by atoms with van der Waals surface area (Å²) < 4.78 is 19.7. The molecule has 1 N–H and O–H groups in total. The molecule has 1 saturated heterocycles. The van der Waals surface area contributed by atoms with Gasteiger partial charge < -0.3 is 9.84 Å². The van der Waals surface area contributed by atoms with Gasteiger partial charge in [0.25, 0.3) is 0 Å². The average Bonchev–Trinajstić information content (AvgIpc) is 2.33. The first-order valence-electron chi connectivity index (χ1n) is 7.54. The second-order valence-corrected chi connectivity index (χ2v) is 7.16. The van der Waals surface area contributed by atoms with E-state index in [1.807, 2.05) is 0 Å². The first-order valence-corrected chi connectivity index (χ1v) is 7.54. The highest BCUT2D eigenvalue weighted by Gasteiger charge is 2.37. The van der Waals surface area contributed by atoms with Crippen molar-refractivity contribution >= 4 is 0 Å². The number of hydrogen-bond acceptors (Lipinski definition) is 3. The van der Waals surface area contributed by atoms with E-state index in [-0.39, 0.29) is 17.0 Å². The van der Waals surface area contributed by atoms with Crippen LogP contribution in [-0.2, 0) is 4.74 Å². The lowest BCUT2D eigenvalue weighted by Crippen LogP contribution is -2.57. The molecule has 118 valence electrons. The number of halogens is 1. The van der Waals surface area contributed by atoms with Crippen LogP contribution in [0.1, 0.15) is 45.8 Å². The van der Waals surface area contributed by atoms with Crippen LogP contribution in [0.25, 0.3) is 0 Å². The molecule has 1 heterocycles. The molecule has 2 rings (SSSR count). The number of aliphatic hydroxyl groups is 1. The van der Waals surface area contributed by atoms with Crippen LogP contribution in [0.4, 0.5) is 4.39 Å². The smallest absolute Gasteiger partial charge is 0.128 e. The summed E-state index contributed by atoms with van der Waals surface area (Å²) in [7, 11) is 0. The molecule has 0 radical (unpaired) electrons. The zero-order valence-electron chi connectivity index (χ0n) is 13.4. The standard InChI is InChI=1S/C17H26FNO2/c1-16(2)11-19(12-17(3,4)21-16)10-9-15(20)13-7-5-6-8-14(13)18/h5-8,15,20H,9-12H2,1-4H3. The molecule has 0 saturated carbocycles. The number of aliphatic hydroxyl groups excluding tert-OH is 1. The average molecular weight is 295 g/mol. The van der Waals surface area contributed by atoms with Gasteiger partial charge in [0.2, 0.25) is 0 Å². The summed E-state index contributed by atoms with van der Waals surface area (Å²) >= 11 is 0. The SMILES string of the molecule is CC1(C)CN(CCC(O)c2ccccc2F)CC(C)(C)O1. The first kappa shape index (κ1) is 16.4. The molecule has 3 nitrogen and oxygen atoms in total. The summed E-state index contributed by atoms with van der Waals surface area (Å²) in [6.07, 6.45) is -0.243. The Morgan fingerprint density at radius 2 is 1.76 bits per heavy atom. The molecule has 1 atom stereocenters. The Balaban J connectivity index is 1.95. The van der Waals surface area contributed by atoms with Gasteiger partial charge in [0, 0.05) is 25.2 Å². The minimum atomic E-state index is -0.764. The maximum absolute atomic E-state index is 13.7. The topological polar surface area (TPSA) is 32.7 Å². The van der Waals surface area contributed by atoms with Gasteiger partial charge in [0.05, 0.1) is 17.3 Å². The maximum atomic E-state index is 13.7. The van der Waals surface area contributed by atoms with Gasteiger partial charge >= 0.3 is 0 Å². The number of morpholine rings is 1. The van der Waals surface area contributed by atoms with E-state index in [4.69, 9.17) is 4.74 Å². The van der Waals surface area contributed by atoms with Crippen molar-refractivity contribution in [3.05, 3.63) is 35.6 Å². The van der Waals surface area contributed by atoms with Crippen LogP contribution in [0.5, 0.6) is 0 Å². The van der Waals surface area contributed by atoms with Crippen molar-refractivity contribution in [1.82, 2.24) is 4.90 Å². The van der Waals surface area contributed by atoms with E-state index in [0.717, 1.165) is 19.6 Å². The van der Waals surface area contributed by atoms with Crippen LogP contribution in [0.2, 0.25) is 0 Å². The van der Waals surface area contributed by atoms with Crippen molar-refractivity contribution in [3.63, 3.8) is 0 Å². The van der Waals surface area contributed by atoms with Crippen LogP contribution in [0.3, 0.4) is 0 Å². The second-order valence-electron chi connectivity index (χ2n) is 7.16. The Hall–Kier alpha value is -0.970. The normalized spacial score (nSPS) is 23.0. The lowest BCUT2D eigenvalue weighted by Gasteiger charge is -2.47. The van der Waals surface area contributed by atoms with E-state index in [2.05, 4.69) is 32.6 Å². The number of rotatable bonds is 4. The summed E-state index contributed by atoms with van der Waals surface area (Å²) in [6.45, 7) is 10.7. The summed E-state index contributed by atoms with van der Waals surface area (Å²) in [4.78, 5) is 2.29. The Morgan fingerprint density at radius 1 is 1.19 bits per heavy atom. The Kier molecular flexibility index (Phi) is 4.71. The fourth-order valence-corrected chi connectivity index (χ4v) is 3.31. The third-order valence-electron chi connectivity index (χ3n) is 3.74. The second kappa shape index (κ2) is 6.03. The number of ether oxygens (including phenoxy) is 1. The molecule has 1 unspecified atom stereocenters. The molecule has 0 spiro atoms. The lowest BCUT2D eigenvalue weighted by atomic mass is 9.98. The third kappa shape index (κ3) is 4.50. The molecule has 4 heteroatoms. The quantitative estimate of drug-likeness (QED) is 0.926. The van der Waals surface area contributed by atoms with Crippen molar-refractivity contribution in [3.8, 4) is 0 Å². The molecule has 1 aromatic carbocycles. The van der Waals surface area contributed by atoms with E-state index in [0.29, 0.717) is 12.0 Å². The van der Waals surface area contributed by atoms with Gasteiger partial charge in [-0.1, -0.05) is 18.2 Å². The fourth-order valence-electron chi connectivity index (χ4n) is 3.31. The summed E-state index contributed by atoms with van der Waals surface area (Å²) in [5.74, 6) is -0.340. The lowest BCUT2D eigenvalue weighted by molar-refractivity contribution is -0.181. The summed E-state index contributed by atoms with van der Waals surface area (Å²) in [5.41, 5.74) is -0.0284. The third-order valence-corrected chi connectivity index (χ3v) is 3.74. The number of hydrogen-bond donors (Lipinski definition) is 1. The van der Waals surface area contributed by atoms with E-state index >= 15 is 0 Å². The van der Waals surface area contributed by atoms with E-state index in [9.17, 15) is 9.50 Å². The zero-order chi connectivity index (χ0) is 15.7. The number of nitrogens with zero attached hydrogens (tertiary/aromatic N) is 1. The molecular formula is C17H26FNO2. The predicted octanol–water partition coefficient (Wildman–Crippen LogP) is 3.14. The van der Waals surface area contributed by atoms with Crippen molar-refractivity contribution in [2.75, 3.05) is 19.6 Å². The molecule has 1 fully saturated rings. The first-order chi connectivity index (χ1) is 9.69. The van der Waals surface area contributed by atoms with Crippen LogP contribution >= 0.6 is 0 Å². The van der Waals surface area contributed by atoms with Gasteiger partial charge in [-0.15, -0.1) is 0 Å². The van der Waals surface area contributed by atoms with Crippen LogP contribution in [0, 0.1) is 5.82 Å². The van der Waals surface area contributed by atoms with E-state index in [1.54, 1.807) is 18.2 Å². The molecule has 1 aliphatic heterocycles. The molecule has 0 amide bonds. The van der Waals surface area contributed by atoms with Crippen LogP contribution in [-0.4, -0.2) is 40.8 Å². The molecule has 0 aromatic heterocycles. The largest absolute Gasteiger partial charge is 0.388 e. The maximum Gasteiger partial charge on any atom is 0.128 e. The van der Waals surface area contributed by atoms with Gasteiger partial charge in [-0.3, -0.25) is 4.90 Å². The Morgan fingerprint density at radius 3 is 2.33 bits per heavy atom. The highest BCUT2D eigenvalue weighted by Crippen LogP contribution is 2.29. The zero-order valence-corrected chi connectivity index (χ0v) is 13.4. The molecular weight excluding hydrogens is 269 g/mol. The molecule has 1 aromatic rings. The predicted molar refractivity (Wildman–Crippen MR) is 81.7 cm³/mol. The minimum absolute atomic E-state index is 0.204. The van der Waals surface area contributed by atoms with Gasteiger partial charge in [-0.05, 0) is 40.2 Å². The monoisotopic (exact) mass is 295 g/mol. The van der Waals surface area contributed by atoms with Crippen LogP contribution in [0.15, 0.2) is 24.3 Å². The number of benzene rings is 1. The van der Waals surface area contributed by atoms with E-state index < -0.39 is 6.10 Å². The Labute approximate surface area is 126 Å². The van der Waals surface area contributed by atoms with Crippen molar-refractivity contribution in [1.29, 1.82) is 0 Å². The Bertz CT molecular complexity index is 471. The van der Waals surface area contributed by atoms with Crippen molar-refractivity contribution in [2.45, 2.75) is 51.4 Å². The molecule has 1 aliphatic rings. The summed E-state index contributed by atoms with van der Waals surface area (Å²) in [5, 5.41) is 10.2. The highest BCUT2D eigenvalue weighted by atomic mass is 19.1. The molecule has 0 aliphatic carbocycles. The van der Waals surface area contributed by atoms with Crippen LogP contribution < -0.4 is 0 Å². The highest BCUT2D eigenvalue weighted by molar-refractivity contribution is 5.19. The molecule has 0 bridgehead atoms. The minimum Gasteiger partial charge on any atom is -0.388 e. The molecule has 21 heavy (non-hydrogen) atoms. The van der Waals surface area contributed by atoms with Gasteiger partial charge in [-0.2, -0.15) is 0 Å². The van der Waals surface area contributed by atoms with E-state index in [1.165, 1.54) is 6.07 Å². The fraction of sp³-hybridized carbons (Fsp3) is 0.647. The van der Waals surface area contributed by atoms with Gasteiger partial charge in [-0.25, -0.2) is 4.39 Å². The summed E-state index contributed by atoms with van der Waals surface area (Å²) in [6, 6.07) is 6.42. The van der Waals surface area contributed by atoms with Gasteiger partial charge in [0.1, 0.15) is 5.82 Å².